The quantitative estimate of drug-likeness (QED) is 0.176. The molecule has 2 heteroatoms. The lowest BCUT2D eigenvalue weighted by Gasteiger charge is -2.50. The predicted molar refractivity (Wildman–Crippen MR) is 205 cm³/mol. The zero-order chi connectivity index (χ0) is 32.8. The molecule has 0 aromatic heterocycles. The Balaban J connectivity index is 1.24. The highest BCUT2D eigenvalue weighted by Gasteiger charge is 2.59. The summed E-state index contributed by atoms with van der Waals surface area (Å²) in [4.78, 5) is 5.56. The molecule has 2 heterocycles. The number of rotatable bonds is 2. The monoisotopic (exact) mass is 628 g/mol. The van der Waals surface area contributed by atoms with Crippen LogP contribution in [0.25, 0.3) is 32.3 Å². The van der Waals surface area contributed by atoms with Crippen molar-refractivity contribution in [2.45, 2.75) is 115 Å². The minimum absolute atomic E-state index is 0.0346. The third-order valence-corrected chi connectivity index (χ3v) is 14.6. The lowest BCUT2D eigenvalue weighted by Crippen LogP contribution is -2.54. The standard InChI is InChI=1S/C46H48N2/c1-29-11-19-39-35(27-29)43(3)23-7-9-25-45(43,5)47(39)37-21-15-31-14-18-34-38(22-16-32-13-17-33(37)41(31)42(32)34)48-40-20-12-30(2)28-36(40)44(4)24-8-10-26-46(44,48)6/h11-22,27-28H,7-10,23-26H2,1-6H3. The van der Waals surface area contributed by atoms with Gasteiger partial charge >= 0.3 is 0 Å². The van der Waals surface area contributed by atoms with Crippen molar-refractivity contribution in [3.05, 3.63) is 107 Å². The Morgan fingerprint density at radius 2 is 0.812 bits per heavy atom. The third-order valence-electron chi connectivity index (χ3n) is 14.6. The number of anilines is 4. The summed E-state index contributed by atoms with van der Waals surface area (Å²) >= 11 is 0. The molecule has 4 aliphatic rings. The summed E-state index contributed by atoms with van der Waals surface area (Å²) in [7, 11) is 0. The highest BCUT2D eigenvalue weighted by Crippen LogP contribution is 2.64. The molecule has 0 radical (unpaired) electrons. The molecular formula is C46H48N2. The van der Waals surface area contributed by atoms with Gasteiger partial charge in [0.25, 0.3) is 0 Å². The first-order valence-corrected chi connectivity index (χ1v) is 18.6. The molecule has 4 atom stereocenters. The second-order valence-corrected chi connectivity index (χ2v) is 16.9. The fourth-order valence-electron chi connectivity index (χ4n) is 11.6. The largest absolute Gasteiger partial charge is 0.334 e. The van der Waals surface area contributed by atoms with Crippen LogP contribution in [0.3, 0.4) is 0 Å². The smallest absolute Gasteiger partial charge is 0.0518 e. The van der Waals surface area contributed by atoms with Crippen molar-refractivity contribution in [2.75, 3.05) is 9.80 Å². The van der Waals surface area contributed by atoms with E-state index in [1.54, 1.807) is 11.1 Å². The molecule has 2 nitrogen and oxygen atoms in total. The molecule has 10 rings (SSSR count). The van der Waals surface area contributed by atoms with E-state index in [9.17, 15) is 0 Å². The van der Waals surface area contributed by atoms with Crippen LogP contribution in [0, 0.1) is 13.8 Å². The van der Waals surface area contributed by atoms with E-state index in [-0.39, 0.29) is 21.9 Å². The molecule has 2 aliphatic carbocycles. The SMILES string of the molecule is Cc1ccc2c(c1)C1(C)CCCCC1(C)N2c1ccc2ccc3c(N4c5ccc(C)cc5C5(C)CCCCC45C)ccc4ccc1c2c43. The van der Waals surface area contributed by atoms with Crippen LogP contribution in [-0.4, -0.2) is 11.1 Å². The number of hydrogen-bond donors (Lipinski definition) is 0. The molecule has 6 aromatic rings. The molecule has 4 unspecified atom stereocenters. The van der Waals surface area contributed by atoms with Crippen molar-refractivity contribution in [1.29, 1.82) is 0 Å². The molecule has 0 spiro atoms. The van der Waals surface area contributed by atoms with Gasteiger partial charge in [-0.1, -0.05) is 111 Å². The van der Waals surface area contributed by atoms with Crippen molar-refractivity contribution in [3.8, 4) is 0 Å². The summed E-state index contributed by atoms with van der Waals surface area (Å²) in [6, 6.07) is 33.8. The van der Waals surface area contributed by atoms with Crippen molar-refractivity contribution in [1.82, 2.24) is 0 Å². The van der Waals surface area contributed by atoms with E-state index in [0.717, 1.165) is 0 Å². The number of aryl methyl sites for hydroxylation is 2. The first-order valence-electron chi connectivity index (χ1n) is 18.6. The fourth-order valence-corrected chi connectivity index (χ4v) is 11.6. The van der Waals surface area contributed by atoms with Crippen LogP contribution < -0.4 is 9.80 Å². The summed E-state index contributed by atoms with van der Waals surface area (Å²) in [5.41, 5.74) is 11.7. The molecule has 2 fully saturated rings. The lowest BCUT2D eigenvalue weighted by atomic mass is 9.61. The molecule has 0 bridgehead atoms. The van der Waals surface area contributed by atoms with Gasteiger partial charge in [-0.25, -0.2) is 0 Å². The second-order valence-electron chi connectivity index (χ2n) is 16.9. The Morgan fingerprint density at radius 1 is 0.438 bits per heavy atom. The van der Waals surface area contributed by atoms with Gasteiger partial charge in [0.1, 0.15) is 0 Å². The van der Waals surface area contributed by atoms with Gasteiger partial charge in [-0.3, -0.25) is 0 Å². The van der Waals surface area contributed by atoms with Crippen LogP contribution in [0.1, 0.15) is 101 Å². The lowest BCUT2D eigenvalue weighted by molar-refractivity contribution is 0.195. The van der Waals surface area contributed by atoms with E-state index < -0.39 is 0 Å². The second kappa shape index (κ2) is 9.35. The van der Waals surface area contributed by atoms with Crippen molar-refractivity contribution in [3.63, 3.8) is 0 Å². The van der Waals surface area contributed by atoms with Gasteiger partial charge in [-0.05, 0) is 110 Å². The Kier molecular flexibility index (Phi) is 5.63. The number of fused-ring (bicyclic) bond motifs is 6. The Labute approximate surface area is 286 Å². The normalized spacial score (nSPS) is 29.5. The van der Waals surface area contributed by atoms with Gasteiger partial charge in [-0.15, -0.1) is 0 Å². The highest BCUT2D eigenvalue weighted by molar-refractivity contribution is 6.28. The average molecular weight is 629 g/mol. The molecule has 2 aliphatic heterocycles. The van der Waals surface area contributed by atoms with E-state index >= 15 is 0 Å². The molecular weight excluding hydrogens is 581 g/mol. The van der Waals surface area contributed by atoms with E-state index in [0.29, 0.717) is 0 Å². The summed E-state index contributed by atoms with van der Waals surface area (Å²) in [6.45, 7) is 14.8. The van der Waals surface area contributed by atoms with Gasteiger partial charge in [0, 0.05) is 44.4 Å². The van der Waals surface area contributed by atoms with Crippen LogP contribution >= 0.6 is 0 Å². The molecule has 2 saturated carbocycles. The maximum absolute atomic E-state index is 2.78. The van der Waals surface area contributed by atoms with E-state index in [1.807, 2.05) is 0 Å². The fraction of sp³-hybridized carbons (Fsp3) is 0.391. The molecule has 242 valence electrons. The Morgan fingerprint density at radius 3 is 1.25 bits per heavy atom. The van der Waals surface area contributed by atoms with Crippen molar-refractivity contribution < 1.29 is 0 Å². The minimum atomic E-state index is 0.0346. The first kappa shape index (κ1) is 28.9. The summed E-state index contributed by atoms with van der Waals surface area (Å²) in [5, 5.41) is 8.30. The average Bonchev–Trinajstić information content (AvgIpc) is 3.41. The highest BCUT2D eigenvalue weighted by atomic mass is 15.3. The number of hydrogen-bond acceptors (Lipinski definition) is 2. The van der Waals surface area contributed by atoms with Gasteiger partial charge in [0.15, 0.2) is 0 Å². The topological polar surface area (TPSA) is 6.48 Å². The summed E-state index contributed by atoms with van der Waals surface area (Å²) < 4.78 is 0. The maximum atomic E-state index is 2.78. The van der Waals surface area contributed by atoms with Crippen LogP contribution in [-0.2, 0) is 10.8 Å². The van der Waals surface area contributed by atoms with E-state index in [1.165, 1.54) is 118 Å². The zero-order valence-corrected chi connectivity index (χ0v) is 29.6. The van der Waals surface area contributed by atoms with Gasteiger partial charge in [0.2, 0.25) is 0 Å². The number of benzene rings is 6. The molecule has 0 amide bonds. The first-order chi connectivity index (χ1) is 23.1. The molecule has 6 aromatic carbocycles. The van der Waals surface area contributed by atoms with Gasteiger partial charge in [0.05, 0.1) is 11.1 Å². The molecule has 48 heavy (non-hydrogen) atoms. The zero-order valence-electron chi connectivity index (χ0n) is 29.6. The Bertz CT molecular complexity index is 2150. The van der Waals surface area contributed by atoms with Crippen LogP contribution in [0.15, 0.2) is 84.9 Å². The summed E-state index contributed by atoms with van der Waals surface area (Å²) in [6.07, 6.45) is 10.1. The predicted octanol–water partition coefficient (Wildman–Crippen LogP) is 12.7. The summed E-state index contributed by atoms with van der Waals surface area (Å²) in [5.74, 6) is 0. The van der Waals surface area contributed by atoms with Crippen LogP contribution in [0.4, 0.5) is 22.7 Å². The van der Waals surface area contributed by atoms with Crippen molar-refractivity contribution >= 4 is 55.1 Å². The van der Waals surface area contributed by atoms with Crippen LogP contribution in [0.5, 0.6) is 0 Å². The Hall–Kier alpha value is -4.04. The molecule has 0 N–H and O–H groups in total. The molecule has 0 saturated heterocycles. The van der Waals surface area contributed by atoms with Gasteiger partial charge < -0.3 is 9.80 Å². The van der Waals surface area contributed by atoms with Crippen molar-refractivity contribution in [2.24, 2.45) is 0 Å². The van der Waals surface area contributed by atoms with E-state index in [4.69, 9.17) is 0 Å². The van der Waals surface area contributed by atoms with E-state index in [2.05, 4.69) is 136 Å². The third kappa shape index (κ3) is 3.30. The number of nitrogens with zero attached hydrogens (tertiary/aromatic N) is 2. The maximum Gasteiger partial charge on any atom is 0.0518 e. The van der Waals surface area contributed by atoms with Gasteiger partial charge in [-0.2, -0.15) is 0 Å². The minimum Gasteiger partial charge on any atom is -0.334 e. The van der Waals surface area contributed by atoms with Crippen LogP contribution in [0.2, 0.25) is 0 Å².